The van der Waals surface area contributed by atoms with E-state index in [0.717, 1.165) is 23.9 Å². The number of hydrogen-bond acceptors (Lipinski definition) is 1. The molecule has 3 heteroatoms. The molecule has 0 bridgehead atoms. The maximum Gasteiger partial charge on any atom is 0.191 e. The zero-order valence-electron chi connectivity index (χ0n) is 13.4. The first-order chi connectivity index (χ1) is 9.24. The van der Waals surface area contributed by atoms with Gasteiger partial charge in [0.05, 0.1) is 0 Å². The lowest BCUT2D eigenvalue weighted by Gasteiger charge is -2.36. The number of hydrogen-bond donors (Lipinski definition) is 0. The molecule has 0 amide bonds. The predicted octanol–water partition coefficient (Wildman–Crippen LogP) is 6.26. The normalized spacial score (nSPS) is 13.1. The van der Waals surface area contributed by atoms with Crippen molar-refractivity contribution in [3.63, 3.8) is 0 Å². The van der Waals surface area contributed by atoms with Gasteiger partial charge in [-0.1, -0.05) is 67.1 Å². The molecule has 0 heterocycles. The van der Waals surface area contributed by atoms with Crippen LogP contribution in [-0.4, -0.2) is 14.9 Å². The van der Waals surface area contributed by atoms with E-state index in [1.54, 1.807) is 0 Å². The third-order valence-electron chi connectivity index (χ3n) is 3.99. The molecule has 0 aliphatic heterocycles. The van der Waals surface area contributed by atoms with Gasteiger partial charge in [0.2, 0.25) is 0 Å². The molecule has 0 radical (unpaired) electrons. The van der Waals surface area contributed by atoms with E-state index in [1.807, 2.05) is 6.07 Å². The standard InChI is InChI=1S/C17H27BrOSi/c1-17(2,3)20(4,5)19-14-10-6-7-11-15-12-8-9-13-16(15)18/h7-9,11-13H,6,10,14H2,1-5H3/b11-7+. The Kier molecular flexibility index (Phi) is 6.69. The minimum atomic E-state index is -1.57. The molecule has 0 saturated heterocycles. The lowest BCUT2D eigenvalue weighted by atomic mass is 10.2. The highest BCUT2D eigenvalue weighted by molar-refractivity contribution is 9.10. The van der Waals surface area contributed by atoms with Crippen LogP contribution in [0.3, 0.4) is 0 Å². The highest BCUT2D eigenvalue weighted by atomic mass is 79.9. The van der Waals surface area contributed by atoms with Crippen LogP contribution < -0.4 is 0 Å². The van der Waals surface area contributed by atoms with Crippen molar-refractivity contribution in [1.82, 2.24) is 0 Å². The van der Waals surface area contributed by atoms with E-state index in [9.17, 15) is 0 Å². The molecule has 0 fully saturated rings. The van der Waals surface area contributed by atoms with Crippen LogP contribution in [0.4, 0.5) is 0 Å². The van der Waals surface area contributed by atoms with Gasteiger partial charge >= 0.3 is 0 Å². The average Bonchev–Trinajstić information content (AvgIpc) is 2.34. The topological polar surface area (TPSA) is 9.23 Å². The summed E-state index contributed by atoms with van der Waals surface area (Å²) < 4.78 is 7.31. The molecule has 1 nitrogen and oxygen atoms in total. The molecule has 20 heavy (non-hydrogen) atoms. The Morgan fingerprint density at radius 1 is 1.20 bits per heavy atom. The molecule has 0 aliphatic rings. The first kappa shape index (κ1) is 17.7. The number of benzene rings is 1. The van der Waals surface area contributed by atoms with Crippen molar-refractivity contribution in [2.24, 2.45) is 0 Å². The van der Waals surface area contributed by atoms with Crippen LogP contribution in [0.1, 0.15) is 39.2 Å². The summed E-state index contributed by atoms with van der Waals surface area (Å²) in [6, 6.07) is 8.28. The van der Waals surface area contributed by atoms with Gasteiger partial charge in [0.25, 0.3) is 0 Å². The van der Waals surface area contributed by atoms with Gasteiger partial charge < -0.3 is 4.43 Å². The molecule has 0 unspecified atom stereocenters. The van der Waals surface area contributed by atoms with Crippen LogP contribution in [0.5, 0.6) is 0 Å². The van der Waals surface area contributed by atoms with Gasteiger partial charge in [-0.15, -0.1) is 0 Å². The molecule has 0 atom stereocenters. The molecule has 0 saturated carbocycles. The first-order valence-corrected chi connectivity index (χ1v) is 11.0. The molecular weight excluding hydrogens is 328 g/mol. The Bertz CT molecular complexity index is 447. The summed E-state index contributed by atoms with van der Waals surface area (Å²) in [5.74, 6) is 0. The van der Waals surface area contributed by atoms with Gasteiger partial charge in [-0.2, -0.15) is 0 Å². The van der Waals surface area contributed by atoms with Crippen LogP contribution in [-0.2, 0) is 4.43 Å². The van der Waals surface area contributed by atoms with E-state index >= 15 is 0 Å². The number of halogens is 1. The Morgan fingerprint density at radius 3 is 2.45 bits per heavy atom. The van der Waals surface area contributed by atoms with E-state index in [0.29, 0.717) is 5.04 Å². The first-order valence-electron chi connectivity index (χ1n) is 7.29. The number of rotatable bonds is 6. The zero-order chi connectivity index (χ0) is 15.2. The Hall–Kier alpha value is -0.383. The van der Waals surface area contributed by atoms with Crippen molar-refractivity contribution in [3.05, 3.63) is 40.4 Å². The number of allylic oxidation sites excluding steroid dienone is 1. The number of unbranched alkanes of at least 4 members (excludes halogenated alkanes) is 1. The SMILES string of the molecule is CC(C)(C)[Si](C)(C)OCCC/C=C/c1ccccc1Br. The van der Waals surface area contributed by atoms with E-state index in [1.165, 1.54) is 5.56 Å². The highest BCUT2D eigenvalue weighted by Crippen LogP contribution is 2.36. The molecule has 0 N–H and O–H groups in total. The molecule has 1 aromatic rings. The monoisotopic (exact) mass is 354 g/mol. The molecule has 1 rings (SSSR count). The Labute approximate surface area is 133 Å². The minimum Gasteiger partial charge on any atom is -0.417 e. The molecule has 112 valence electrons. The molecule has 1 aromatic carbocycles. The maximum atomic E-state index is 6.17. The molecule has 0 aromatic heterocycles. The lowest BCUT2D eigenvalue weighted by Crippen LogP contribution is -2.40. The van der Waals surface area contributed by atoms with Gasteiger partial charge in [-0.05, 0) is 42.6 Å². The summed E-state index contributed by atoms with van der Waals surface area (Å²) in [6.45, 7) is 12.3. The largest absolute Gasteiger partial charge is 0.417 e. The van der Waals surface area contributed by atoms with Crippen LogP contribution in [0.2, 0.25) is 18.1 Å². The maximum absolute atomic E-state index is 6.17. The quantitative estimate of drug-likeness (QED) is 0.432. The highest BCUT2D eigenvalue weighted by Gasteiger charge is 2.36. The van der Waals surface area contributed by atoms with Crippen molar-refractivity contribution in [2.75, 3.05) is 6.61 Å². The molecular formula is C17H27BrOSi. The van der Waals surface area contributed by atoms with Crippen LogP contribution in [0.25, 0.3) is 6.08 Å². The zero-order valence-corrected chi connectivity index (χ0v) is 16.0. The Morgan fingerprint density at radius 2 is 1.85 bits per heavy atom. The fraction of sp³-hybridized carbons (Fsp3) is 0.529. The summed E-state index contributed by atoms with van der Waals surface area (Å²) in [4.78, 5) is 0. The third-order valence-corrected chi connectivity index (χ3v) is 9.25. The third kappa shape index (κ3) is 5.55. The second kappa shape index (κ2) is 7.58. The van der Waals surface area contributed by atoms with Crippen LogP contribution >= 0.6 is 15.9 Å². The smallest absolute Gasteiger partial charge is 0.191 e. The van der Waals surface area contributed by atoms with Gasteiger partial charge in [0.15, 0.2) is 8.32 Å². The summed E-state index contributed by atoms with van der Waals surface area (Å²) in [7, 11) is -1.57. The van der Waals surface area contributed by atoms with E-state index in [-0.39, 0.29) is 0 Å². The average molecular weight is 355 g/mol. The van der Waals surface area contributed by atoms with E-state index < -0.39 is 8.32 Å². The summed E-state index contributed by atoms with van der Waals surface area (Å²) >= 11 is 3.56. The van der Waals surface area contributed by atoms with Crippen molar-refractivity contribution in [2.45, 2.75) is 51.7 Å². The molecule has 0 aliphatic carbocycles. The van der Waals surface area contributed by atoms with Gasteiger partial charge in [-0.3, -0.25) is 0 Å². The van der Waals surface area contributed by atoms with Crippen molar-refractivity contribution in [3.8, 4) is 0 Å². The Balaban J connectivity index is 2.31. The van der Waals surface area contributed by atoms with Crippen LogP contribution in [0, 0.1) is 0 Å². The predicted molar refractivity (Wildman–Crippen MR) is 95.6 cm³/mol. The summed E-state index contributed by atoms with van der Waals surface area (Å²) in [5.41, 5.74) is 1.23. The van der Waals surface area contributed by atoms with Crippen molar-refractivity contribution >= 4 is 30.3 Å². The van der Waals surface area contributed by atoms with Crippen molar-refractivity contribution in [1.29, 1.82) is 0 Å². The fourth-order valence-corrected chi connectivity index (χ4v) is 3.07. The minimum absolute atomic E-state index is 0.303. The van der Waals surface area contributed by atoms with Gasteiger partial charge in [-0.25, -0.2) is 0 Å². The summed E-state index contributed by atoms with van der Waals surface area (Å²) in [6.07, 6.45) is 6.56. The molecule has 0 spiro atoms. The summed E-state index contributed by atoms with van der Waals surface area (Å²) in [5, 5.41) is 0.303. The van der Waals surface area contributed by atoms with Gasteiger partial charge in [0.1, 0.15) is 0 Å². The van der Waals surface area contributed by atoms with Crippen LogP contribution in [0.15, 0.2) is 34.8 Å². The van der Waals surface area contributed by atoms with E-state index in [4.69, 9.17) is 4.43 Å². The second-order valence-electron chi connectivity index (χ2n) is 6.67. The lowest BCUT2D eigenvalue weighted by molar-refractivity contribution is 0.283. The second-order valence-corrected chi connectivity index (χ2v) is 12.3. The fourth-order valence-electron chi connectivity index (χ4n) is 1.57. The van der Waals surface area contributed by atoms with Gasteiger partial charge in [0, 0.05) is 11.1 Å². The van der Waals surface area contributed by atoms with Crippen molar-refractivity contribution < 1.29 is 4.43 Å². The van der Waals surface area contributed by atoms with E-state index in [2.05, 4.69) is 80.1 Å².